The molecule has 7 heteroatoms. The van der Waals surface area contributed by atoms with Gasteiger partial charge in [-0.05, 0) is 42.8 Å². The maximum Gasteiger partial charge on any atom is 0.238 e. The minimum absolute atomic E-state index is 0.0612. The van der Waals surface area contributed by atoms with Gasteiger partial charge >= 0.3 is 0 Å². The van der Waals surface area contributed by atoms with Crippen molar-refractivity contribution in [3.05, 3.63) is 63.9 Å². The molecule has 3 nitrogen and oxygen atoms in total. The lowest BCUT2D eigenvalue weighted by Crippen LogP contribution is -2.30. The second-order valence-electron chi connectivity index (χ2n) is 4.96. The van der Waals surface area contributed by atoms with E-state index in [2.05, 4.69) is 26.6 Å². The van der Waals surface area contributed by atoms with Crippen LogP contribution in [0.3, 0.4) is 0 Å². The van der Waals surface area contributed by atoms with Crippen LogP contribution in [0.1, 0.15) is 18.5 Å². The molecule has 0 radical (unpaired) electrons. The van der Waals surface area contributed by atoms with Crippen LogP contribution in [-0.4, -0.2) is 12.5 Å². The molecule has 0 spiro atoms. The molecule has 0 aliphatic heterocycles. The Morgan fingerprint density at radius 3 is 2.43 bits per heavy atom. The van der Waals surface area contributed by atoms with E-state index in [0.717, 1.165) is 16.6 Å². The number of carbonyl (C=O) groups is 1. The van der Waals surface area contributed by atoms with E-state index in [1.165, 1.54) is 0 Å². The minimum atomic E-state index is -1.51. The summed E-state index contributed by atoms with van der Waals surface area (Å²) in [4.78, 5) is 11.9. The number of amides is 1. The van der Waals surface area contributed by atoms with E-state index in [1.54, 1.807) is 25.1 Å². The molecule has 0 fully saturated rings. The number of nitrogens with one attached hydrogen (secondary N) is 2. The third kappa shape index (κ3) is 4.80. The Morgan fingerprint density at radius 1 is 1.17 bits per heavy atom. The number of hydrogen-bond acceptors (Lipinski definition) is 2. The zero-order valence-corrected chi connectivity index (χ0v) is 13.8. The first-order valence-corrected chi connectivity index (χ1v) is 7.59. The molecule has 0 heterocycles. The summed E-state index contributed by atoms with van der Waals surface area (Å²) in [5, 5.41) is 5.51. The number of benzene rings is 2. The van der Waals surface area contributed by atoms with Gasteiger partial charge in [0.2, 0.25) is 5.91 Å². The Morgan fingerprint density at radius 2 is 1.83 bits per heavy atom. The molecule has 0 aliphatic carbocycles. The highest BCUT2D eigenvalue weighted by Gasteiger charge is 2.15. The van der Waals surface area contributed by atoms with Gasteiger partial charge in [0, 0.05) is 16.2 Å². The predicted molar refractivity (Wildman–Crippen MR) is 85.5 cm³/mol. The van der Waals surface area contributed by atoms with Gasteiger partial charge in [0.05, 0.1) is 6.54 Å². The molecule has 0 saturated carbocycles. The Bertz CT molecular complexity index is 701. The quantitative estimate of drug-likeness (QED) is 0.757. The van der Waals surface area contributed by atoms with Gasteiger partial charge in [-0.15, -0.1) is 0 Å². The van der Waals surface area contributed by atoms with Gasteiger partial charge in [-0.3, -0.25) is 4.79 Å². The molecule has 122 valence electrons. The molecule has 2 N–H and O–H groups in total. The van der Waals surface area contributed by atoms with Gasteiger partial charge in [-0.25, -0.2) is 13.2 Å². The van der Waals surface area contributed by atoms with Crippen LogP contribution in [0, 0.1) is 17.5 Å². The van der Waals surface area contributed by atoms with E-state index < -0.39 is 23.5 Å². The fourth-order valence-electron chi connectivity index (χ4n) is 1.96. The Labute approximate surface area is 140 Å². The average molecular weight is 387 g/mol. The third-order valence-electron chi connectivity index (χ3n) is 3.18. The zero-order valence-electron chi connectivity index (χ0n) is 12.2. The maximum atomic E-state index is 13.2. The first-order chi connectivity index (χ1) is 10.9. The lowest BCUT2D eigenvalue weighted by atomic mass is 10.1. The van der Waals surface area contributed by atoms with Crippen LogP contribution in [-0.2, 0) is 4.79 Å². The highest BCUT2D eigenvalue weighted by molar-refractivity contribution is 9.10. The van der Waals surface area contributed by atoms with E-state index in [-0.39, 0.29) is 18.0 Å². The molecule has 0 aliphatic rings. The van der Waals surface area contributed by atoms with Crippen molar-refractivity contribution in [2.24, 2.45) is 0 Å². The topological polar surface area (TPSA) is 41.1 Å². The van der Waals surface area contributed by atoms with E-state index >= 15 is 0 Å². The fraction of sp³-hybridized carbons (Fsp3) is 0.188. The summed E-state index contributed by atoms with van der Waals surface area (Å²) in [6, 6.07) is 8.37. The SMILES string of the molecule is C[C@@H](NCC(=O)Nc1cccc(Br)c1)c1cc(F)c(F)c(F)c1. The Balaban J connectivity index is 1.93. The number of hydrogen-bond donors (Lipinski definition) is 2. The van der Waals surface area contributed by atoms with Crippen molar-refractivity contribution in [2.75, 3.05) is 11.9 Å². The maximum absolute atomic E-state index is 13.2. The van der Waals surface area contributed by atoms with Gasteiger partial charge in [-0.1, -0.05) is 22.0 Å². The van der Waals surface area contributed by atoms with Crippen molar-refractivity contribution in [1.29, 1.82) is 0 Å². The highest BCUT2D eigenvalue weighted by Crippen LogP contribution is 2.19. The standard InChI is InChI=1S/C16H14BrF3N2O/c1-9(10-5-13(18)16(20)14(19)6-10)21-8-15(23)22-12-4-2-3-11(17)7-12/h2-7,9,21H,8H2,1H3,(H,22,23)/t9-/m1/s1. The molecule has 1 amide bonds. The number of halogens is 4. The van der Waals surface area contributed by atoms with Gasteiger partial charge in [0.25, 0.3) is 0 Å². The normalized spacial score (nSPS) is 12.0. The number of anilines is 1. The molecule has 2 rings (SSSR count). The van der Waals surface area contributed by atoms with Crippen molar-refractivity contribution >= 4 is 27.5 Å². The molecule has 1 atom stereocenters. The molecule has 2 aromatic carbocycles. The summed E-state index contributed by atoms with van der Waals surface area (Å²) in [7, 11) is 0. The van der Waals surface area contributed by atoms with Crippen LogP contribution < -0.4 is 10.6 Å². The van der Waals surface area contributed by atoms with E-state index in [0.29, 0.717) is 5.69 Å². The number of carbonyl (C=O) groups excluding carboxylic acids is 1. The molecule has 0 saturated heterocycles. The van der Waals surface area contributed by atoms with Crippen LogP contribution in [0.15, 0.2) is 40.9 Å². The molecule has 23 heavy (non-hydrogen) atoms. The van der Waals surface area contributed by atoms with Crippen LogP contribution in [0.4, 0.5) is 18.9 Å². The van der Waals surface area contributed by atoms with E-state index in [4.69, 9.17) is 0 Å². The molecular weight excluding hydrogens is 373 g/mol. The van der Waals surface area contributed by atoms with Crippen LogP contribution in [0.25, 0.3) is 0 Å². The Hall–Kier alpha value is -1.86. The zero-order chi connectivity index (χ0) is 17.0. The summed E-state index contributed by atoms with van der Waals surface area (Å²) in [6.07, 6.45) is 0. The molecule has 2 aromatic rings. The van der Waals surface area contributed by atoms with Gasteiger partial charge in [-0.2, -0.15) is 0 Å². The fourth-order valence-corrected chi connectivity index (χ4v) is 2.36. The van der Waals surface area contributed by atoms with Crippen molar-refractivity contribution in [1.82, 2.24) is 5.32 Å². The van der Waals surface area contributed by atoms with Crippen LogP contribution in [0.2, 0.25) is 0 Å². The lowest BCUT2D eigenvalue weighted by molar-refractivity contribution is -0.115. The van der Waals surface area contributed by atoms with Crippen molar-refractivity contribution < 1.29 is 18.0 Å². The lowest BCUT2D eigenvalue weighted by Gasteiger charge is -2.15. The van der Waals surface area contributed by atoms with Gasteiger partial charge < -0.3 is 10.6 Å². The largest absolute Gasteiger partial charge is 0.325 e. The minimum Gasteiger partial charge on any atom is -0.325 e. The number of rotatable bonds is 5. The molecule has 0 aromatic heterocycles. The predicted octanol–water partition coefficient (Wildman–Crippen LogP) is 4.16. The molecule has 0 unspecified atom stereocenters. The van der Waals surface area contributed by atoms with Crippen molar-refractivity contribution in [3.63, 3.8) is 0 Å². The summed E-state index contributed by atoms with van der Waals surface area (Å²) >= 11 is 3.30. The first kappa shape index (κ1) is 17.5. The van der Waals surface area contributed by atoms with Gasteiger partial charge in [0.1, 0.15) is 0 Å². The first-order valence-electron chi connectivity index (χ1n) is 6.80. The summed E-state index contributed by atoms with van der Waals surface area (Å²) < 4.78 is 40.1. The summed E-state index contributed by atoms with van der Waals surface area (Å²) in [5.41, 5.74) is 0.842. The highest BCUT2D eigenvalue weighted by atomic mass is 79.9. The van der Waals surface area contributed by atoms with Crippen LogP contribution in [0.5, 0.6) is 0 Å². The smallest absolute Gasteiger partial charge is 0.238 e. The molecule has 0 bridgehead atoms. The van der Waals surface area contributed by atoms with Crippen molar-refractivity contribution in [2.45, 2.75) is 13.0 Å². The monoisotopic (exact) mass is 386 g/mol. The van der Waals surface area contributed by atoms with E-state index in [1.807, 2.05) is 6.07 Å². The summed E-state index contributed by atoms with van der Waals surface area (Å²) in [6.45, 7) is 1.56. The average Bonchev–Trinajstić information content (AvgIpc) is 2.49. The molecular formula is C16H14BrF3N2O. The van der Waals surface area contributed by atoms with Crippen LogP contribution >= 0.6 is 15.9 Å². The summed E-state index contributed by atoms with van der Waals surface area (Å²) in [5.74, 6) is -4.33. The second-order valence-corrected chi connectivity index (χ2v) is 5.88. The van der Waals surface area contributed by atoms with Crippen molar-refractivity contribution in [3.8, 4) is 0 Å². The third-order valence-corrected chi connectivity index (χ3v) is 3.68. The second kappa shape index (κ2) is 7.61. The van der Waals surface area contributed by atoms with E-state index in [9.17, 15) is 18.0 Å². The van der Waals surface area contributed by atoms with Gasteiger partial charge in [0.15, 0.2) is 17.5 Å². The Kier molecular flexibility index (Phi) is 5.79.